The number of ether oxygens (including phenoxy) is 3. The van der Waals surface area contributed by atoms with Crippen LogP contribution in [0.25, 0.3) is 0 Å². The molecule has 5 amide bonds. The number of piperidine rings is 1. The van der Waals surface area contributed by atoms with Gasteiger partial charge in [0.25, 0.3) is 5.91 Å². The Bertz CT molecular complexity index is 2020. The minimum Gasteiger partial charge on any atom is -0.481 e. The molecule has 4 rings (SSSR count). The Balaban J connectivity index is 1.48. The van der Waals surface area contributed by atoms with Gasteiger partial charge in [0, 0.05) is 47.3 Å². The number of sulfonamides is 1. The number of aliphatic carboxylic acids is 1. The number of likely N-dealkylation sites (tertiary alicyclic amines) is 2. The first-order valence-electron chi connectivity index (χ1n) is 25.1. The number of benzene rings is 1. The average Bonchev–Trinajstić information content (AvgIpc) is 4.08. The molecule has 3 fully saturated rings. The molecule has 3 aliphatic rings. The zero-order chi connectivity index (χ0) is 52.2. The van der Waals surface area contributed by atoms with E-state index in [9.17, 15) is 42.3 Å². The molecule has 0 aromatic heterocycles. The molecule has 0 spiro atoms. The second-order valence-corrected chi connectivity index (χ2v) is 22.6. The molecule has 9 atom stereocenters. The van der Waals surface area contributed by atoms with Crippen LogP contribution >= 0.6 is 0 Å². The maximum absolute atomic E-state index is 14.5. The number of methoxy groups -OCH3 is 2. The van der Waals surface area contributed by atoms with Crippen molar-refractivity contribution < 1.29 is 56.5 Å². The first-order chi connectivity index (χ1) is 32.9. The minimum absolute atomic E-state index is 0.00461. The number of carbonyl (C=O) groups is 6. The zero-order valence-electron chi connectivity index (χ0n) is 43.6. The fraction of sp³-hybridized carbons (Fsp3) is 0.760. The van der Waals surface area contributed by atoms with E-state index in [1.807, 2.05) is 65.4 Å². The van der Waals surface area contributed by atoms with Crippen LogP contribution in [0.5, 0.6) is 5.75 Å². The molecule has 0 unspecified atom stereocenters. The zero-order valence-corrected chi connectivity index (χ0v) is 44.5. The quantitative estimate of drug-likeness (QED) is 0.0993. The van der Waals surface area contributed by atoms with Crippen LogP contribution in [0.15, 0.2) is 24.3 Å². The van der Waals surface area contributed by atoms with E-state index in [-0.39, 0.29) is 61.0 Å². The summed E-state index contributed by atoms with van der Waals surface area (Å²) in [7, 11) is 4.40. The highest BCUT2D eigenvalue weighted by Crippen LogP contribution is 2.31. The van der Waals surface area contributed by atoms with E-state index < -0.39 is 81.4 Å². The smallest absolute Gasteiger partial charge is 0.306 e. The van der Waals surface area contributed by atoms with Gasteiger partial charge in [-0.15, -0.1) is 0 Å². The van der Waals surface area contributed by atoms with E-state index in [2.05, 4.69) is 15.4 Å². The lowest BCUT2D eigenvalue weighted by molar-refractivity contribution is -0.148. The molecule has 70 heavy (non-hydrogen) atoms. The lowest BCUT2D eigenvalue weighted by Gasteiger charge is -2.41. The summed E-state index contributed by atoms with van der Waals surface area (Å²) in [6.07, 6.45) is 2.18. The minimum atomic E-state index is -3.95. The van der Waals surface area contributed by atoms with Crippen molar-refractivity contribution in [2.24, 2.45) is 29.6 Å². The van der Waals surface area contributed by atoms with Crippen molar-refractivity contribution in [1.82, 2.24) is 35.0 Å². The third-order valence-electron chi connectivity index (χ3n) is 14.5. The lowest BCUT2D eigenvalue weighted by atomic mass is 9.89. The number of rotatable bonds is 27. The van der Waals surface area contributed by atoms with Crippen LogP contribution in [0.3, 0.4) is 0 Å². The first-order valence-corrected chi connectivity index (χ1v) is 26.6. The van der Waals surface area contributed by atoms with Crippen LogP contribution in [0.1, 0.15) is 105 Å². The van der Waals surface area contributed by atoms with Gasteiger partial charge in [-0.25, -0.2) is 8.42 Å². The van der Waals surface area contributed by atoms with Gasteiger partial charge in [-0.2, -0.15) is 0 Å². The highest BCUT2D eigenvalue weighted by Gasteiger charge is 2.44. The van der Waals surface area contributed by atoms with E-state index >= 15 is 0 Å². The molecule has 1 aliphatic carbocycles. The summed E-state index contributed by atoms with van der Waals surface area (Å²) in [5, 5.41) is 14.5. The Labute approximate surface area is 416 Å². The van der Waals surface area contributed by atoms with Crippen LogP contribution in [0.4, 0.5) is 0 Å². The van der Waals surface area contributed by atoms with Crippen LogP contribution in [-0.4, -0.2) is 178 Å². The monoisotopic (exact) mass is 1010 g/mol. The second-order valence-electron chi connectivity index (χ2n) is 20.6. The SMILES string of the molecule is CC[C@H](C)[C@@H]([C@@H](CC(=O)N1CCC[C@H]1[C@H](OC)[C@@H](C)C(=O)N[C@@H](Cc1ccc(OCN2CCC(C(=O)O)CC2)cc1)C(=O)NS(=O)(=O)C1CC1)OC)N(C)C(=O)[C@@H](NC(=O)[C@H](C(C)C)N(C)C)C(C)C. The Morgan fingerprint density at radius 3 is 1.96 bits per heavy atom. The third kappa shape index (κ3) is 15.6. The summed E-state index contributed by atoms with van der Waals surface area (Å²) in [5.74, 6) is -4.01. The van der Waals surface area contributed by atoms with Crippen molar-refractivity contribution in [3.8, 4) is 5.75 Å². The van der Waals surface area contributed by atoms with Crippen molar-refractivity contribution in [2.45, 2.75) is 154 Å². The summed E-state index contributed by atoms with van der Waals surface area (Å²) in [4.78, 5) is 88.8. The van der Waals surface area contributed by atoms with Crippen LogP contribution in [-0.2, 0) is 54.7 Å². The highest BCUT2D eigenvalue weighted by molar-refractivity contribution is 7.90. The van der Waals surface area contributed by atoms with Crippen molar-refractivity contribution >= 4 is 45.5 Å². The lowest BCUT2D eigenvalue weighted by Crippen LogP contribution is -2.59. The number of hydrogen-bond acceptors (Lipinski definition) is 13. The highest BCUT2D eigenvalue weighted by atomic mass is 32.2. The number of carboxylic acids is 1. The molecule has 1 aromatic carbocycles. The van der Waals surface area contributed by atoms with Gasteiger partial charge in [0.05, 0.1) is 53.8 Å². The molecule has 0 bridgehead atoms. The number of carboxylic acid groups (broad SMARTS) is 1. The molecule has 2 aliphatic heterocycles. The summed E-state index contributed by atoms with van der Waals surface area (Å²) in [6, 6.07) is 3.31. The van der Waals surface area contributed by atoms with E-state index in [0.717, 1.165) is 0 Å². The Hall–Kier alpha value is -4.37. The van der Waals surface area contributed by atoms with Crippen LogP contribution < -0.4 is 20.1 Å². The summed E-state index contributed by atoms with van der Waals surface area (Å²) < 4.78 is 46.0. The molecule has 396 valence electrons. The average molecular weight is 1010 g/mol. The number of likely N-dealkylation sites (N-methyl/N-ethyl adjacent to an activating group) is 2. The normalized spacial score (nSPS) is 20.5. The fourth-order valence-corrected chi connectivity index (χ4v) is 11.4. The van der Waals surface area contributed by atoms with Crippen molar-refractivity contribution in [2.75, 3.05) is 61.7 Å². The molecule has 19 nitrogen and oxygen atoms in total. The Kier molecular flexibility index (Phi) is 21.9. The molecular formula is C50H83N7O12S. The van der Waals surface area contributed by atoms with E-state index in [1.165, 1.54) is 14.2 Å². The molecule has 1 saturated carbocycles. The van der Waals surface area contributed by atoms with Gasteiger partial charge < -0.3 is 39.8 Å². The largest absolute Gasteiger partial charge is 0.481 e. The molecule has 1 aromatic rings. The van der Waals surface area contributed by atoms with Crippen molar-refractivity contribution in [3.05, 3.63) is 29.8 Å². The predicted octanol–water partition coefficient (Wildman–Crippen LogP) is 3.10. The maximum atomic E-state index is 14.5. The molecule has 4 N–H and O–H groups in total. The number of nitrogens with one attached hydrogen (secondary N) is 3. The molecule has 2 heterocycles. The first kappa shape index (κ1) is 58.2. The van der Waals surface area contributed by atoms with Gasteiger partial charge in [0.15, 0.2) is 0 Å². The third-order valence-corrected chi connectivity index (χ3v) is 16.3. The Morgan fingerprint density at radius 1 is 0.814 bits per heavy atom. The summed E-state index contributed by atoms with van der Waals surface area (Å²) in [5.41, 5.74) is 0.631. The topological polar surface area (TPSA) is 234 Å². The number of nitrogens with zero attached hydrogens (tertiary/aromatic N) is 4. The van der Waals surface area contributed by atoms with Gasteiger partial charge in [0.2, 0.25) is 33.7 Å². The van der Waals surface area contributed by atoms with Gasteiger partial charge in [-0.1, -0.05) is 67.0 Å². The fourth-order valence-electron chi connectivity index (χ4n) is 10.0. The summed E-state index contributed by atoms with van der Waals surface area (Å²) >= 11 is 0. The van der Waals surface area contributed by atoms with Gasteiger partial charge in [-0.3, -0.25) is 43.3 Å². The van der Waals surface area contributed by atoms with Crippen molar-refractivity contribution in [1.29, 1.82) is 0 Å². The number of hydrogen-bond donors (Lipinski definition) is 4. The number of carbonyl (C=O) groups excluding carboxylic acids is 5. The van der Waals surface area contributed by atoms with Crippen molar-refractivity contribution in [3.63, 3.8) is 0 Å². The van der Waals surface area contributed by atoms with Crippen LogP contribution in [0.2, 0.25) is 0 Å². The molecular weight excluding hydrogens is 923 g/mol. The standard InChI is InChI=1S/C50H83N7O12S/c1-13-32(6)44(55(10)49(62)42(30(2)3)52-48(61)43(31(4)5)54(8)9)40(67-11)28-41(58)57-24-14-15-39(57)45(68-12)33(7)46(59)51-38(47(60)53-70(65,66)37-20-21-37)27-34-16-18-36(19-17-34)69-29-56-25-22-35(23-26-56)50(63)64/h16-19,30-33,35,37-40,42-45H,13-15,20-29H2,1-12H3,(H,51,59)(H,52,61)(H,53,60)(H,63,64)/t32-,33+,38-,39-,40+,42-,43-,44-,45+/m0/s1. The second kappa shape index (κ2) is 26.4. The number of amides is 5. The van der Waals surface area contributed by atoms with E-state index in [4.69, 9.17) is 14.2 Å². The predicted molar refractivity (Wildman–Crippen MR) is 265 cm³/mol. The van der Waals surface area contributed by atoms with Crippen LogP contribution in [0, 0.1) is 29.6 Å². The van der Waals surface area contributed by atoms with Gasteiger partial charge >= 0.3 is 5.97 Å². The van der Waals surface area contributed by atoms with E-state index in [1.54, 1.807) is 48.0 Å². The molecule has 2 saturated heterocycles. The van der Waals surface area contributed by atoms with Gasteiger partial charge in [-0.05, 0) is 88.1 Å². The Morgan fingerprint density at radius 2 is 1.44 bits per heavy atom. The summed E-state index contributed by atoms with van der Waals surface area (Å²) in [6.45, 7) is 15.2. The van der Waals surface area contributed by atoms with E-state index in [0.29, 0.717) is 75.9 Å². The molecule has 0 radical (unpaired) electrons. The van der Waals surface area contributed by atoms with Gasteiger partial charge in [0.1, 0.15) is 24.6 Å². The molecule has 20 heteroatoms. The maximum Gasteiger partial charge on any atom is 0.306 e.